The van der Waals surface area contributed by atoms with Crippen LogP contribution in [0.4, 0.5) is 5.82 Å². The number of carbonyl (C=O) groups is 1. The molecule has 0 aliphatic carbocycles. The molecule has 3 heterocycles. The van der Waals surface area contributed by atoms with Gasteiger partial charge in [-0.3, -0.25) is 9.78 Å². The van der Waals surface area contributed by atoms with Crippen LogP contribution in [-0.4, -0.2) is 52.9 Å². The van der Waals surface area contributed by atoms with Crippen molar-refractivity contribution in [1.29, 1.82) is 0 Å². The van der Waals surface area contributed by atoms with Crippen LogP contribution in [-0.2, 0) is 6.42 Å². The van der Waals surface area contributed by atoms with Crippen LogP contribution < -0.4 is 4.90 Å². The summed E-state index contributed by atoms with van der Waals surface area (Å²) in [5.74, 6) is 1.81. The van der Waals surface area contributed by atoms with E-state index in [1.807, 2.05) is 23.9 Å². The lowest BCUT2D eigenvalue weighted by Gasteiger charge is -2.32. The zero-order valence-corrected chi connectivity index (χ0v) is 14.4. The Morgan fingerprint density at radius 3 is 2.83 bits per heavy atom. The van der Waals surface area contributed by atoms with Crippen LogP contribution in [0.2, 0.25) is 0 Å². The van der Waals surface area contributed by atoms with Crippen LogP contribution in [0, 0.1) is 12.8 Å². The molecule has 2 aromatic rings. The number of aromatic nitrogens is 3. The minimum Gasteiger partial charge on any atom is -0.448 e. The number of piperidine rings is 1. The van der Waals surface area contributed by atoms with E-state index in [2.05, 4.69) is 15.0 Å². The van der Waals surface area contributed by atoms with Gasteiger partial charge in [0.05, 0.1) is 5.69 Å². The molecule has 3 rings (SSSR count). The number of anilines is 1. The highest BCUT2D eigenvalue weighted by Gasteiger charge is 2.28. The van der Waals surface area contributed by atoms with Gasteiger partial charge >= 0.3 is 0 Å². The monoisotopic (exact) mass is 329 g/mol. The fraction of sp³-hybridized carbons (Fsp3) is 0.529. The van der Waals surface area contributed by atoms with Gasteiger partial charge in [-0.2, -0.15) is 0 Å². The van der Waals surface area contributed by atoms with Crippen molar-refractivity contribution in [3.63, 3.8) is 0 Å². The number of hydrogen-bond acceptors (Lipinski definition) is 6. The van der Waals surface area contributed by atoms with Crippen LogP contribution >= 0.6 is 0 Å². The normalized spacial score (nSPS) is 17.8. The van der Waals surface area contributed by atoms with Crippen molar-refractivity contribution < 1.29 is 9.21 Å². The topological polar surface area (TPSA) is 75.4 Å². The largest absolute Gasteiger partial charge is 0.448 e. The summed E-state index contributed by atoms with van der Waals surface area (Å²) in [4.78, 5) is 29.4. The summed E-state index contributed by atoms with van der Waals surface area (Å²) in [7, 11) is 3.94. The highest BCUT2D eigenvalue weighted by atomic mass is 16.3. The van der Waals surface area contributed by atoms with Crippen molar-refractivity contribution >= 4 is 11.7 Å². The maximum absolute atomic E-state index is 12.6. The van der Waals surface area contributed by atoms with Crippen molar-refractivity contribution in [2.75, 3.05) is 32.1 Å². The van der Waals surface area contributed by atoms with E-state index in [4.69, 9.17) is 4.42 Å². The maximum atomic E-state index is 12.6. The quantitative estimate of drug-likeness (QED) is 0.853. The number of aryl methyl sites for hydroxylation is 1. The van der Waals surface area contributed by atoms with Gasteiger partial charge in [-0.15, -0.1) is 0 Å². The minimum atomic E-state index is -0.0436. The fourth-order valence-electron chi connectivity index (χ4n) is 3.23. The standard InChI is InChI=1S/C17H23N5O2/c1-12-15(20-11-24-12)17(23)22-8-4-5-13(10-22)9-14-16(21(2)3)19-7-6-18-14/h6-7,11,13H,4-5,8-10H2,1-3H3. The first-order valence-corrected chi connectivity index (χ1v) is 8.23. The van der Waals surface area contributed by atoms with E-state index in [1.165, 1.54) is 6.39 Å². The maximum Gasteiger partial charge on any atom is 0.276 e. The molecule has 1 saturated heterocycles. The van der Waals surface area contributed by atoms with Gasteiger partial charge in [0, 0.05) is 39.6 Å². The molecule has 7 heteroatoms. The van der Waals surface area contributed by atoms with E-state index in [1.54, 1.807) is 19.3 Å². The fourth-order valence-corrected chi connectivity index (χ4v) is 3.23. The third-order valence-electron chi connectivity index (χ3n) is 4.41. The van der Waals surface area contributed by atoms with Crippen molar-refractivity contribution in [1.82, 2.24) is 19.9 Å². The van der Waals surface area contributed by atoms with Crippen LogP contribution in [0.25, 0.3) is 0 Å². The Kier molecular flexibility index (Phi) is 4.78. The van der Waals surface area contributed by atoms with Crippen molar-refractivity contribution in [2.45, 2.75) is 26.2 Å². The molecule has 128 valence electrons. The van der Waals surface area contributed by atoms with E-state index in [9.17, 15) is 4.79 Å². The second-order valence-electron chi connectivity index (χ2n) is 6.44. The summed E-state index contributed by atoms with van der Waals surface area (Å²) in [6, 6.07) is 0. The van der Waals surface area contributed by atoms with Crippen molar-refractivity contribution in [2.24, 2.45) is 5.92 Å². The van der Waals surface area contributed by atoms with Crippen molar-refractivity contribution in [3.8, 4) is 0 Å². The number of likely N-dealkylation sites (tertiary alicyclic amines) is 1. The molecule has 1 amide bonds. The van der Waals surface area contributed by atoms with Gasteiger partial charge in [-0.1, -0.05) is 0 Å². The van der Waals surface area contributed by atoms with E-state index in [-0.39, 0.29) is 5.91 Å². The Balaban J connectivity index is 1.70. The molecule has 1 unspecified atom stereocenters. The smallest absolute Gasteiger partial charge is 0.276 e. The third kappa shape index (κ3) is 3.39. The second-order valence-corrected chi connectivity index (χ2v) is 6.44. The molecule has 1 aliphatic heterocycles. The first-order valence-electron chi connectivity index (χ1n) is 8.23. The average molecular weight is 329 g/mol. The Hall–Kier alpha value is -2.44. The molecule has 0 N–H and O–H groups in total. The van der Waals surface area contributed by atoms with Gasteiger partial charge in [0.15, 0.2) is 12.1 Å². The summed E-state index contributed by atoms with van der Waals surface area (Å²) in [6.07, 6.45) is 7.67. The van der Waals surface area contributed by atoms with Crippen LogP contribution in [0.5, 0.6) is 0 Å². The Morgan fingerprint density at radius 2 is 2.12 bits per heavy atom. The molecular weight excluding hydrogens is 306 g/mol. The predicted octanol–water partition coefficient (Wildman–Crippen LogP) is 1.93. The molecule has 0 aromatic carbocycles. The minimum absolute atomic E-state index is 0.0436. The second kappa shape index (κ2) is 6.98. The number of rotatable bonds is 4. The molecule has 2 aromatic heterocycles. The Bertz CT molecular complexity index is 713. The molecule has 7 nitrogen and oxygen atoms in total. The SMILES string of the molecule is Cc1ocnc1C(=O)N1CCCC(Cc2nccnc2N(C)C)C1. The highest BCUT2D eigenvalue weighted by Crippen LogP contribution is 2.24. The number of carbonyl (C=O) groups excluding carboxylic acids is 1. The van der Waals surface area contributed by atoms with E-state index in [0.29, 0.717) is 23.9 Å². The van der Waals surface area contributed by atoms with E-state index >= 15 is 0 Å². The van der Waals surface area contributed by atoms with Gasteiger partial charge in [0.1, 0.15) is 11.6 Å². The molecule has 1 aliphatic rings. The summed E-state index contributed by atoms with van der Waals surface area (Å²) >= 11 is 0. The number of amides is 1. The Morgan fingerprint density at radius 1 is 1.33 bits per heavy atom. The summed E-state index contributed by atoms with van der Waals surface area (Å²) in [6.45, 7) is 3.25. The Labute approximate surface area is 141 Å². The van der Waals surface area contributed by atoms with Crippen LogP contribution in [0.3, 0.4) is 0 Å². The van der Waals surface area contributed by atoms with Gasteiger partial charge in [0.25, 0.3) is 5.91 Å². The van der Waals surface area contributed by atoms with E-state index in [0.717, 1.165) is 37.3 Å². The molecule has 0 bridgehead atoms. The zero-order chi connectivity index (χ0) is 17.1. The molecule has 0 radical (unpaired) electrons. The van der Waals surface area contributed by atoms with Gasteiger partial charge in [0.2, 0.25) is 0 Å². The molecule has 1 fully saturated rings. The van der Waals surface area contributed by atoms with Gasteiger partial charge < -0.3 is 14.2 Å². The lowest BCUT2D eigenvalue weighted by molar-refractivity contribution is 0.0666. The number of oxazole rings is 1. The molecular formula is C17H23N5O2. The molecule has 0 saturated carbocycles. The first kappa shape index (κ1) is 16.4. The van der Waals surface area contributed by atoms with Gasteiger partial charge in [-0.25, -0.2) is 9.97 Å². The third-order valence-corrected chi connectivity index (χ3v) is 4.41. The van der Waals surface area contributed by atoms with Crippen molar-refractivity contribution in [3.05, 3.63) is 35.9 Å². The molecule has 1 atom stereocenters. The highest BCUT2D eigenvalue weighted by molar-refractivity contribution is 5.93. The number of nitrogens with zero attached hydrogens (tertiary/aromatic N) is 5. The van der Waals surface area contributed by atoms with Crippen LogP contribution in [0.15, 0.2) is 23.2 Å². The first-order chi connectivity index (χ1) is 11.6. The number of hydrogen-bond donors (Lipinski definition) is 0. The molecule has 0 spiro atoms. The lowest BCUT2D eigenvalue weighted by atomic mass is 9.93. The molecule has 24 heavy (non-hydrogen) atoms. The van der Waals surface area contributed by atoms with E-state index < -0.39 is 0 Å². The lowest BCUT2D eigenvalue weighted by Crippen LogP contribution is -2.41. The summed E-state index contributed by atoms with van der Waals surface area (Å²) in [5, 5.41) is 0. The average Bonchev–Trinajstić information content (AvgIpc) is 3.01. The van der Waals surface area contributed by atoms with Gasteiger partial charge in [-0.05, 0) is 32.1 Å². The van der Waals surface area contributed by atoms with Crippen LogP contribution in [0.1, 0.15) is 34.8 Å². The summed E-state index contributed by atoms with van der Waals surface area (Å²) < 4.78 is 5.16. The summed E-state index contributed by atoms with van der Waals surface area (Å²) in [5.41, 5.74) is 1.41. The predicted molar refractivity (Wildman–Crippen MR) is 89.9 cm³/mol. The zero-order valence-electron chi connectivity index (χ0n) is 14.4.